The molecule has 1 aromatic rings. The lowest BCUT2D eigenvalue weighted by Gasteiger charge is -2.23. The van der Waals surface area contributed by atoms with Crippen molar-refractivity contribution in [2.24, 2.45) is 0 Å². The van der Waals surface area contributed by atoms with Gasteiger partial charge in [-0.3, -0.25) is 4.98 Å². The van der Waals surface area contributed by atoms with Gasteiger partial charge in [-0.1, -0.05) is 0 Å². The van der Waals surface area contributed by atoms with E-state index in [-0.39, 0.29) is 0 Å². The predicted octanol–water partition coefficient (Wildman–Crippen LogP) is 1.75. The lowest BCUT2D eigenvalue weighted by Crippen LogP contribution is -2.33. The number of aryl methyl sites for hydroxylation is 2. The topological polar surface area (TPSA) is 70.0 Å². The minimum Gasteiger partial charge on any atom is -0.382 e. The second kappa shape index (κ2) is 7.22. The van der Waals surface area contributed by atoms with Crippen molar-refractivity contribution in [3.63, 3.8) is 0 Å². The summed E-state index contributed by atoms with van der Waals surface area (Å²) in [6, 6.07) is 4.12. The van der Waals surface area contributed by atoms with Gasteiger partial charge in [0.05, 0.1) is 29.7 Å². The number of pyridine rings is 1. The van der Waals surface area contributed by atoms with Gasteiger partial charge >= 0.3 is 0 Å². The summed E-state index contributed by atoms with van der Waals surface area (Å²) in [5.41, 5.74) is 3.17. The molecule has 2 rings (SSSR count). The fourth-order valence-corrected chi connectivity index (χ4v) is 2.48. The molecule has 0 aliphatic carbocycles. The van der Waals surface area contributed by atoms with E-state index < -0.39 is 0 Å². The molecule has 1 fully saturated rings. The van der Waals surface area contributed by atoms with Crippen LogP contribution in [0.25, 0.3) is 0 Å². The van der Waals surface area contributed by atoms with E-state index in [9.17, 15) is 5.26 Å². The summed E-state index contributed by atoms with van der Waals surface area (Å²) in [4.78, 5) is 4.31. The Balaban J connectivity index is 1.83. The van der Waals surface area contributed by atoms with Gasteiger partial charge in [0.1, 0.15) is 6.07 Å². The van der Waals surface area contributed by atoms with Crippen LogP contribution in [0.1, 0.15) is 29.8 Å². The van der Waals surface area contributed by atoms with E-state index in [1.165, 1.54) is 0 Å². The van der Waals surface area contributed by atoms with Crippen molar-refractivity contribution in [2.45, 2.75) is 32.8 Å². The van der Waals surface area contributed by atoms with E-state index in [1.807, 2.05) is 19.9 Å². The molecule has 0 aromatic carbocycles. The van der Waals surface area contributed by atoms with Gasteiger partial charge in [0.25, 0.3) is 0 Å². The highest BCUT2D eigenvalue weighted by Gasteiger charge is 2.13. The molecular formula is C15H22N4O. The van der Waals surface area contributed by atoms with Gasteiger partial charge in [0.2, 0.25) is 0 Å². The first-order chi connectivity index (χ1) is 9.70. The molecule has 0 unspecified atom stereocenters. The fourth-order valence-electron chi connectivity index (χ4n) is 2.48. The van der Waals surface area contributed by atoms with Gasteiger partial charge in [-0.05, 0) is 45.8 Å². The first kappa shape index (κ1) is 14.8. The standard InChI is InChI=1S/C15H22N4O/c1-11-9-15(14(10-16)12(2)19-11)18-7-8-20-13-3-5-17-6-4-13/h9,13,17H,3-8H2,1-2H3,(H,18,19). The summed E-state index contributed by atoms with van der Waals surface area (Å²) < 4.78 is 5.84. The lowest BCUT2D eigenvalue weighted by molar-refractivity contribution is 0.0394. The number of ether oxygens (including phenoxy) is 1. The first-order valence-electron chi connectivity index (χ1n) is 7.15. The normalized spacial score (nSPS) is 15.8. The van der Waals surface area contributed by atoms with Gasteiger partial charge in [-0.15, -0.1) is 0 Å². The Hall–Kier alpha value is -1.64. The number of aromatic nitrogens is 1. The molecule has 0 spiro atoms. The third kappa shape index (κ3) is 3.92. The minimum atomic E-state index is 0.370. The van der Waals surface area contributed by atoms with Crippen LogP contribution in [0.2, 0.25) is 0 Å². The zero-order chi connectivity index (χ0) is 14.4. The van der Waals surface area contributed by atoms with Crippen molar-refractivity contribution < 1.29 is 4.74 Å². The van der Waals surface area contributed by atoms with Crippen LogP contribution in [0.4, 0.5) is 5.69 Å². The Bertz CT molecular complexity index is 489. The van der Waals surface area contributed by atoms with Crippen molar-refractivity contribution in [1.29, 1.82) is 5.26 Å². The Morgan fingerprint density at radius 1 is 1.45 bits per heavy atom. The van der Waals surface area contributed by atoms with Crippen molar-refractivity contribution in [3.8, 4) is 6.07 Å². The third-order valence-electron chi connectivity index (χ3n) is 3.50. The fraction of sp³-hybridized carbons (Fsp3) is 0.600. The van der Waals surface area contributed by atoms with Crippen LogP contribution in [0.5, 0.6) is 0 Å². The molecule has 1 aliphatic rings. The Morgan fingerprint density at radius 2 is 2.20 bits per heavy atom. The number of piperidine rings is 1. The quantitative estimate of drug-likeness (QED) is 0.801. The van der Waals surface area contributed by atoms with Crippen molar-refractivity contribution >= 4 is 5.69 Å². The number of hydrogen-bond acceptors (Lipinski definition) is 5. The van der Waals surface area contributed by atoms with Crippen molar-refractivity contribution in [1.82, 2.24) is 10.3 Å². The average molecular weight is 274 g/mol. The number of nitrogens with one attached hydrogen (secondary N) is 2. The third-order valence-corrected chi connectivity index (χ3v) is 3.50. The van der Waals surface area contributed by atoms with Crippen LogP contribution in [-0.2, 0) is 4.74 Å². The molecule has 0 atom stereocenters. The van der Waals surface area contributed by atoms with Crippen LogP contribution >= 0.6 is 0 Å². The van der Waals surface area contributed by atoms with E-state index in [2.05, 4.69) is 21.7 Å². The summed E-state index contributed by atoms with van der Waals surface area (Å²) in [6.07, 6.45) is 2.53. The molecule has 0 saturated carbocycles. The van der Waals surface area contributed by atoms with E-state index in [1.54, 1.807) is 0 Å². The number of hydrogen-bond donors (Lipinski definition) is 2. The molecule has 1 aliphatic heterocycles. The van der Waals surface area contributed by atoms with Gasteiger partial charge in [0, 0.05) is 12.2 Å². The highest BCUT2D eigenvalue weighted by atomic mass is 16.5. The second-order valence-electron chi connectivity index (χ2n) is 5.13. The maximum Gasteiger partial charge on any atom is 0.103 e. The average Bonchev–Trinajstić information content (AvgIpc) is 2.44. The zero-order valence-electron chi connectivity index (χ0n) is 12.2. The summed E-state index contributed by atoms with van der Waals surface area (Å²) in [5, 5.41) is 15.8. The number of rotatable bonds is 5. The number of anilines is 1. The van der Waals surface area contributed by atoms with Gasteiger partial charge < -0.3 is 15.4 Å². The Labute approximate surface area is 120 Å². The number of nitrogens with zero attached hydrogens (tertiary/aromatic N) is 2. The van der Waals surface area contributed by atoms with E-state index in [0.717, 1.165) is 43.0 Å². The van der Waals surface area contributed by atoms with Crippen LogP contribution in [0.15, 0.2) is 6.07 Å². The lowest BCUT2D eigenvalue weighted by atomic mass is 10.1. The maximum atomic E-state index is 9.18. The molecule has 0 amide bonds. The number of nitriles is 1. The Morgan fingerprint density at radius 3 is 2.90 bits per heavy atom. The molecule has 0 radical (unpaired) electrons. The minimum absolute atomic E-state index is 0.370. The largest absolute Gasteiger partial charge is 0.382 e. The van der Waals surface area contributed by atoms with Gasteiger partial charge in [-0.25, -0.2) is 0 Å². The highest BCUT2D eigenvalue weighted by Crippen LogP contribution is 2.18. The molecule has 20 heavy (non-hydrogen) atoms. The summed E-state index contributed by atoms with van der Waals surface area (Å²) in [6.45, 7) is 7.25. The molecule has 0 bridgehead atoms. The molecule has 2 N–H and O–H groups in total. The van der Waals surface area contributed by atoms with Crippen LogP contribution < -0.4 is 10.6 Å². The smallest absolute Gasteiger partial charge is 0.103 e. The molecule has 2 heterocycles. The maximum absolute atomic E-state index is 9.18. The second-order valence-corrected chi connectivity index (χ2v) is 5.13. The monoisotopic (exact) mass is 274 g/mol. The summed E-state index contributed by atoms with van der Waals surface area (Å²) >= 11 is 0. The van der Waals surface area contributed by atoms with Crippen LogP contribution in [-0.4, -0.2) is 37.3 Å². The highest BCUT2D eigenvalue weighted by molar-refractivity contribution is 5.59. The van der Waals surface area contributed by atoms with Crippen LogP contribution in [0, 0.1) is 25.2 Å². The van der Waals surface area contributed by atoms with Gasteiger partial charge in [0.15, 0.2) is 0 Å². The van der Waals surface area contributed by atoms with Crippen LogP contribution in [0.3, 0.4) is 0 Å². The van der Waals surface area contributed by atoms with E-state index in [0.29, 0.717) is 24.8 Å². The summed E-state index contributed by atoms with van der Waals surface area (Å²) in [7, 11) is 0. The molecule has 5 heteroatoms. The molecule has 1 saturated heterocycles. The Kier molecular flexibility index (Phi) is 5.33. The molecular weight excluding hydrogens is 252 g/mol. The SMILES string of the molecule is Cc1cc(NCCOC2CCNCC2)c(C#N)c(C)n1. The van der Waals surface area contributed by atoms with Crippen molar-refractivity contribution in [2.75, 3.05) is 31.6 Å². The molecule has 108 valence electrons. The zero-order valence-corrected chi connectivity index (χ0v) is 12.2. The van der Waals surface area contributed by atoms with Crippen molar-refractivity contribution in [3.05, 3.63) is 23.0 Å². The first-order valence-corrected chi connectivity index (χ1v) is 7.15. The predicted molar refractivity (Wildman–Crippen MR) is 78.8 cm³/mol. The van der Waals surface area contributed by atoms with E-state index in [4.69, 9.17) is 4.74 Å². The molecule has 5 nitrogen and oxygen atoms in total. The molecule has 1 aromatic heterocycles. The van der Waals surface area contributed by atoms with Gasteiger partial charge in [-0.2, -0.15) is 5.26 Å². The summed E-state index contributed by atoms with van der Waals surface area (Å²) in [5.74, 6) is 0. The van der Waals surface area contributed by atoms with E-state index >= 15 is 0 Å².